The average molecular weight is 420 g/mol. The van der Waals surface area contributed by atoms with Crippen LogP contribution >= 0.6 is 27.5 Å². The van der Waals surface area contributed by atoms with Crippen molar-refractivity contribution in [2.45, 2.75) is 13.0 Å². The summed E-state index contributed by atoms with van der Waals surface area (Å²) < 4.78 is 5.81. The minimum absolute atomic E-state index is 0.00378. The maximum atomic E-state index is 12.4. The number of halogens is 2. The SMILES string of the molecule is COc1c(Cl)cc(/C=C(/C#N)C(=O)N[C@H](C)c2ccccc2)cc1Br. The van der Waals surface area contributed by atoms with Crippen LogP contribution in [0.3, 0.4) is 0 Å². The van der Waals surface area contributed by atoms with E-state index >= 15 is 0 Å². The minimum atomic E-state index is -0.443. The molecule has 2 rings (SSSR count). The average Bonchev–Trinajstić information content (AvgIpc) is 2.60. The molecule has 128 valence electrons. The Labute approximate surface area is 160 Å². The number of hydrogen-bond donors (Lipinski definition) is 1. The third kappa shape index (κ3) is 4.85. The Balaban J connectivity index is 2.23. The first-order valence-corrected chi connectivity index (χ1v) is 8.64. The highest BCUT2D eigenvalue weighted by Crippen LogP contribution is 2.34. The second-order valence-electron chi connectivity index (χ2n) is 5.29. The molecule has 0 heterocycles. The van der Waals surface area contributed by atoms with E-state index in [0.29, 0.717) is 20.8 Å². The molecular weight excluding hydrogens is 404 g/mol. The van der Waals surface area contributed by atoms with Gasteiger partial charge in [-0.3, -0.25) is 4.79 Å². The molecule has 0 unspecified atom stereocenters. The Morgan fingerprint density at radius 2 is 2.04 bits per heavy atom. The Kier molecular flexibility index (Phi) is 6.63. The van der Waals surface area contributed by atoms with E-state index < -0.39 is 5.91 Å². The van der Waals surface area contributed by atoms with Crippen molar-refractivity contribution in [3.8, 4) is 11.8 Å². The predicted molar refractivity (Wildman–Crippen MR) is 102 cm³/mol. The summed E-state index contributed by atoms with van der Waals surface area (Å²) >= 11 is 9.49. The van der Waals surface area contributed by atoms with E-state index in [1.165, 1.54) is 13.2 Å². The zero-order valence-electron chi connectivity index (χ0n) is 13.7. The maximum absolute atomic E-state index is 12.4. The van der Waals surface area contributed by atoms with E-state index in [9.17, 15) is 10.1 Å². The molecule has 6 heteroatoms. The van der Waals surface area contributed by atoms with Gasteiger partial charge in [0, 0.05) is 0 Å². The van der Waals surface area contributed by atoms with E-state index in [2.05, 4.69) is 21.2 Å². The van der Waals surface area contributed by atoms with Crippen LogP contribution in [0.4, 0.5) is 0 Å². The summed E-state index contributed by atoms with van der Waals surface area (Å²) in [7, 11) is 1.51. The van der Waals surface area contributed by atoms with Gasteiger partial charge in [0.2, 0.25) is 0 Å². The van der Waals surface area contributed by atoms with Crippen molar-refractivity contribution >= 4 is 39.5 Å². The second kappa shape index (κ2) is 8.70. The van der Waals surface area contributed by atoms with Gasteiger partial charge in [-0.25, -0.2) is 0 Å². The molecule has 0 aliphatic rings. The quantitative estimate of drug-likeness (QED) is 0.554. The van der Waals surface area contributed by atoms with Gasteiger partial charge < -0.3 is 10.1 Å². The molecule has 0 fully saturated rings. The summed E-state index contributed by atoms with van der Waals surface area (Å²) in [5, 5.41) is 12.5. The summed E-state index contributed by atoms with van der Waals surface area (Å²) in [6.45, 7) is 1.86. The van der Waals surface area contributed by atoms with Crippen molar-refractivity contribution in [1.82, 2.24) is 5.32 Å². The topological polar surface area (TPSA) is 62.1 Å². The van der Waals surface area contributed by atoms with E-state index in [4.69, 9.17) is 16.3 Å². The lowest BCUT2D eigenvalue weighted by Gasteiger charge is -2.14. The smallest absolute Gasteiger partial charge is 0.262 e. The van der Waals surface area contributed by atoms with E-state index in [1.54, 1.807) is 12.1 Å². The Hall–Kier alpha value is -2.29. The number of nitriles is 1. The van der Waals surface area contributed by atoms with E-state index in [1.807, 2.05) is 43.3 Å². The predicted octanol–water partition coefficient (Wildman–Crippen LogP) is 4.90. The molecule has 0 saturated heterocycles. The van der Waals surface area contributed by atoms with Crippen molar-refractivity contribution < 1.29 is 9.53 Å². The van der Waals surface area contributed by atoms with Crippen molar-refractivity contribution in [3.63, 3.8) is 0 Å². The van der Waals surface area contributed by atoms with Gasteiger partial charge in [0.1, 0.15) is 11.6 Å². The Morgan fingerprint density at radius 3 is 2.60 bits per heavy atom. The van der Waals surface area contributed by atoms with Gasteiger partial charge in [0.05, 0.1) is 22.6 Å². The molecular formula is C19H16BrClN2O2. The standard InChI is InChI=1S/C19H16BrClN2O2/c1-12(14-6-4-3-5-7-14)23-19(24)15(11-22)8-13-9-16(20)18(25-2)17(21)10-13/h3-10,12H,1-2H3,(H,23,24)/b15-8-/t12-/m1/s1. The first-order chi connectivity index (χ1) is 12.0. The van der Waals surface area contributed by atoms with Crippen molar-refractivity contribution in [1.29, 1.82) is 5.26 Å². The number of methoxy groups -OCH3 is 1. The van der Waals surface area contributed by atoms with Crippen molar-refractivity contribution in [3.05, 3.63) is 68.7 Å². The van der Waals surface area contributed by atoms with Crippen LogP contribution in [-0.4, -0.2) is 13.0 Å². The number of benzene rings is 2. The van der Waals surface area contributed by atoms with Crippen LogP contribution in [0.1, 0.15) is 24.1 Å². The monoisotopic (exact) mass is 418 g/mol. The largest absolute Gasteiger partial charge is 0.494 e. The number of ether oxygens (including phenoxy) is 1. The van der Waals surface area contributed by atoms with Gasteiger partial charge in [-0.15, -0.1) is 0 Å². The normalized spacial score (nSPS) is 12.2. The third-order valence-electron chi connectivity index (χ3n) is 3.55. The van der Waals surface area contributed by atoms with Crippen LogP contribution in [0.15, 0.2) is 52.5 Å². The van der Waals surface area contributed by atoms with Crippen molar-refractivity contribution in [2.24, 2.45) is 0 Å². The molecule has 2 aromatic carbocycles. The molecule has 1 atom stereocenters. The van der Waals surface area contributed by atoms with Crippen LogP contribution < -0.4 is 10.1 Å². The third-order valence-corrected chi connectivity index (χ3v) is 4.42. The molecule has 0 aliphatic carbocycles. The first-order valence-electron chi connectivity index (χ1n) is 7.47. The molecule has 1 N–H and O–H groups in total. The van der Waals surface area contributed by atoms with Gasteiger partial charge in [-0.05, 0) is 52.2 Å². The first kappa shape index (κ1) is 19.0. The fourth-order valence-corrected chi connectivity index (χ4v) is 3.33. The van der Waals surface area contributed by atoms with Gasteiger partial charge in [0.15, 0.2) is 5.75 Å². The zero-order valence-corrected chi connectivity index (χ0v) is 16.1. The second-order valence-corrected chi connectivity index (χ2v) is 6.55. The Bertz CT molecular complexity index is 821. The van der Waals surface area contributed by atoms with Crippen LogP contribution in [0.25, 0.3) is 6.08 Å². The number of rotatable bonds is 5. The van der Waals surface area contributed by atoms with Crippen LogP contribution in [0.5, 0.6) is 5.75 Å². The molecule has 0 aliphatic heterocycles. The Morgan fingerprint density at radius 1 is 1.36 bits per heavy atom. The highest BCUT2D eigenvalue weighted by Gasteiger charge is 2.14. The lowest BCUT2D eigenvalue weighted by molar-refractivity contribution is -0.117. The van der Waals surface area contributed by atoms with Gasteiger partial charge in [-0.1, -0.05) is 41.9 Å². The number of hydrogen-bond acceptors (Lipinski definition) is 3. The minimum Gasteiger partial charge on any atom is -0.494 e. The molecule has 0 spiro atoms. The van der Waals surface area contributed by atoms with Crippen LogP contribution in [-0.2, 0) is 4.79 Å². The fraction of sp³-hybridized carbons (Fsp3) is 0.158. The lowest BCUT2D eigenvalue weighted by Crippen LogP contribution is -2.27. The van der Waals surface area contributed by atoms with E-state index in [-0.39, 0.29) is 11.6 Å². The molecule has 0 saturated carbocycles. The summed E-state index contributed by atoms with van der Waals surface area (Å²) in [6.07, 6.45) is 1.49. The molecule has 0 bridgehead atoms. The molecule has 0 radical (unpaired) electrons. The van der Waals surface area contributed by atoms with Crippen LogP contribution in [0, 0.1) is 11.3 Å². The molecule has 0 aromatic heterocycles. The number of nitrogens with one attached hydrogen (secondary N) is 1. The highest BCUT2D eigenvalue weighted by molar-refractivity contribution is 9.10. The summed E-state index contributed by atoms with van der Waals surface area (Å²) in [5.41, 5.74) is 1.58. The highest BCUT2D eigenvalue weighted by atomic mass is 79.9. The molecule has 2 aromatic rings. The number of nitrogens with zero attached hydrogens (tertiary/aromatic N) is 1. The van der Waals surface area contributed by atoms with Gasteiger partial charge in [-0.2, -0.15) is 5.26 Å². The molecule has 1 amide bonds. The van der Waals surface area contributed by atoms with Gasteiger partial charge in [0.25, 0.3) is 5.91 Å². The fourth-order valence-electron chi connectivity index (χ4n) is 2.27. The summed E-state index contributed by atoms with van der Waals surface area (Å²) in [6, 6.07) is 14.6. The molecule has 4 nitrogen and oxygen atoms in total. The maximum Gasteiger partial charge on any atom is 0.262 e. The molecule has 25 heavy (non-hydrogen) atoms. The van der Waals surface area contributed by atoms with Gasteiger partial charge >= 0.3 is 0 Å². The van der Waals surface area contributed by atoms with Crippen molar-refractivity contribution in [2.75, 3.05) is 7.11 Å². The summed E-state index contributed by atoms with van der Waals surface area (Å²) in [5.74, 6) is 0.0568. The number of amides is 1. The number of carbonyl (C=O) groups is 1. The zero-order chi connectivity index (χ0) is 18.4. The lowest BCUT2D eigenvalue weighted by atomic mass is 10.1. The van der Waals surface area contributed by atoms with Crippen LogP contribution in [0.2, 0.25) is 5.02 Å². The summed E-state index contributed by atoms with van der Waals surface area (Å²) in [4.78, 5) is 12.4. The number of carbonyl (C=O) groups excluding carboxylic acids is 1. The van der Waals surface area contributed by atoms with E-state index in [0.717, 1.165) is 5.56 Å².